The number of carbonyl (C=O) groups is 2. The number of ketones is 1. The number of hydrogen-bond donors (Lipinski definition) is 1. The van der Waals surface area contributed by atoms with E-state index in [0.29, 0.717) is 12.8 Å². The second kappa shape index (κ2) is 8.96. The fraction of sp³-hybridized carbons (Fsp3) is 0.385. The lowest BCUT2D eigenvalue weighted by Crippen LogP contribution is -2.38. The number of para-hydroxylation sites is 2. The number of nitrogens with zero attached hydrogens (tertiary/aromatic N) is 2. The van der Waals surface area contributed by atoms with Crippen LogP contribution in [-0.4, -0.2) is 25.8 Å². The molecule has 1 atom stereocenters. The van der Waals surface area contributed by atoms with Crippen LogP contribution in [-0.2, 0) is 9.59 Å². The Hall–Kier alpha value is -3.08. The van der Waals surface area contributed by atoms with Crippen LogP contribution in [0.3, 0.4) is 0 Å². The van der Waals surface area contributed by atoms with Crippen LogP contribution in [0.2, 0.25) is 0 Å². The monoisotopic (exact) mass is 417 g/mol. The van der Waals surface area contributed by atoms with Crippen molar-refractivity contribution in [3.8, 4) is 0 Å². The number of hydrogen-bond acceptors (Lipinski definition) is 4. The lowest BCUT2D eigenvalue weighted by molar-refractivity contribution is -0.119. The standard InChI is InChI=1S/C26H31N3O2/c1-4-5-13-24(31)29-22-11-7-6-9-20(22)27-21-10-8-12-23(30)25(21)26(29)18-14-16-19(17-15-18)28(2)3/h6-7,9,11,14-17,26-27H,4-5,8,10,12-13H2,1-3H3. The Morgan fingerprint density at radius 2 is 1.84 bits per heavy atom. The van der Waals surface area contributed by atoms with Crippen LogP contribution in [0.5, 0.6) is 0 Å². The van der Waals surface area contributed by atoms with Gasteiger partial charge in [-0.05, 0) is 49.1 Å². The first kappa shape index (κ1) is 21.2. The molecule has 0 saturated heterocycles. The number of unbranched alkanes of at least 4 members (excludes halogenated alkanes) is 1. The number of benzene rings is 2. The summed E-state index contributed by atoms with van der Waals surface area (Å²) in [6, 6.07) is 15.7. The number of nitrogens with one attached hydrogen (secondary N) is 1. The van der Waals surface area contributed by atoms with Gasteiger partial charge in [-0.25, -0.2) is 0 Å². The normalized spacial score (nSPS) is 18.1. The second-order valence-electron chi connectivity index (χ2n) is 8.57. The zero-order valence-electron chi connectivity index (χ0n) is 18.6. The predicted octanol–water partition coefficient (Wildman–Crippen LogP) is 5.45. The van der Waals surface area contributed by atoms with Crippen molar-refractivity contribution in [2.75, 3.05) is 29.2 Å². The van der Waals surface area contributed by atoms with E-state index in [0.717, 1.165) is 59.6 Å². The van der Waals surface area contributed by atoms with Crippen molar-refractivity contribution in [2.45, 2.75) is 51.5 Å². The maximum Gasteiger partial charge on any atom is 0.227 e. The van der Waals surface area contributed by atoms with E-state index in [2.05, 4.69) is 36.5 Å². The Labute approximate surface area is 184 Å². The van der Waals surface area contributed by atoms with Crippen molar-refractivity contribution in [3.05, 3.63) is 65.4 Å². The van der Waals surface area contributed by atoms with Crippen LogP contribution >= 0.6 is 0 Å². The second-order valence-corrected chi connectivity index (χ2v) is 8.57. The van der Waals surface area contributed by atoms with Crippen molar-refractivity contribution in [1.82, 2.24) is 0 Å². The molecule has 1 unspecified atom stereocenters. The van der Waals surface area contributed by atoms with Gasteiger partial charge in [0.05, 0.1) is 17.4 Å². The van der Waals surface area contributed by atoms with Crippen LogP contribution in [0.25, 0.3) is 0 Å². The molecule has 4 rings (SSSR count). The van der Waals surface area contributed by atoms with Crippen LogP contribution in [0.15, 0.2) is 59.8 Å². The molecule has 162 valence electrons. The molecule has 1 N–H and O–H groups in total. The molecule has 0 saturated carbocycles. The molecule has 1 heterocycles. The first-order valence-corrected chi connectivity index (χ1v) is 11.2. The third-order valence-electron chi connectivity index (χ3n) is 6.18. The van der Waals surface area contributed by atoms with E-state index in [1.54, 1.807) is 0 Å². The minimum atomic E-state index is -0.417. The zero-order chi connectivity index (χ0) is 22.0. The van der Waals surface area contributed by atoms with E-state index in [1.807, 2.05) is 48.2 Å². The molecule has 1 aliphatic carbocycles. The zero-order valence-corrected chi connectivity index (χ0v) is 18.6. The maximum absolute atomic E-state index is 13.6. The number of rotatable bonds is 5. The van der Waals surface area contributed by atoms with E-state index in [1.165, 1.54) is 0 Å². The number of anilines is 3. The quantitative estimate of drug-likeness (QED) is 0.703. The molecule has 5 heteroatoms. The average molecular weight is 418 g/mol. The first-order valence-electron chi connectivity index (χ1n) is 11.2. The van der Waals surface area contributed by atoms with Gasteiger partial charge in [0.1, 0.15) is 0 Å². The van der Waals surface area contributed by atoms with E-state index in [-0.39, 0.29) is 11.7 Å². The highest BCUT2D eigenvalue weighted by Crippen LogP contribution is 2.45. The molecular weight excluding hydrogens is 386 g/mol. The number of Topliss-reactive ketones (excluding diaryl/α,β-unsaturated/α-hetero) is 1. The molecule has 0 aromatic heterocycles. The van der Waals surface area contributed by atoms with Gasteiger partial charge in [-0.2, -0.15) is 0 Å². The minimum Gasteiger partial charge on any atom is -0.378 e. The third-order valence-corrected chi connectivity index (χ3v) is 6.18. The van der Waals surface area contributed by atoms with E-state index in [4.69, 9.17) is 0 Å². The highest BCUT2D eigenvalue weighted by Gasteiger charge is 2.39. The summed E-state index contributed by atoms with van der Waals surface area (Å²) in [6.45, 7) is 2.09. The highest BCUT2D eigenvalue weighted by molar-refractivity contribution is 6.06. The summed E-state index contributed by atoms with van der Waals surface area (Å²) >= 11 is 0. The SMILES string of the molecule is CCCCC(=O)N1c2ccccc2NC2=C(C(=O)CCC2)C1c1ccc(N(C)C)cc1. The van der Waals surface area contributed by atoms with Crippen LogP contribution in [0.4, 0.5) is 17.1 Å². The summed E-state index contributed by atoms with van der Waals surface area (Å²) in [6.07, 6.45) is 4.43. The molecule has 2 aromatic carbocycles. The molecule has 2 aromatic rings. The van der Waals surface area contributed by atoms with Gasteiger partial charge in [0.25, 0.3) is 0 Å². The third kappa shape index (κ3) is 4.09. The Morgan fingerprint density at radius 3 is 2.55 bits per heavy atom. The largest absolute Gasteiger partial charge is 0.378 e. The van der Waals surface area contributed by atoms with Crippen molar-refractivity contribution in [2.24, 2.45) is 0 Å². The molecule has 1 amide bonds. The molecule has 2 aliphatic rings. The number of amides is 1. The summed E-state index contributed by atoms with van der Waals surface area (Å²) in [5.74, 6) is 0.196. The smallest absolute Gasteiger partial charge is 0.227 e. The van der Waals surface area contributed by atoms with Crippen molar-refractivity contribution >= 4 is 28.8 Å². The molecule has 31 heavy (non-hydrogen) atoms. The lowest BCUT2D eigenvalue weighted by atomic mass is 9.85. The molecule has 0 bridgehead atoms. The van der Waals surface area contributed by atoms with Crippen molar-refractivity contribution in [3.63, 3.8) is 0 Å². The molecule has 0 radical (unpaired) electrons. The van der Waals surface area contributed by atoms with Gasteiger partial charge in [-0.15, -0.1) is 0 Å². The van der Waals surface area contributed by atoms with Gasteiger partial charge in [0.15, 0.2) is 5.78 Å². The molecule has 0 spiro atoms. The minimum absolute atomic E-state index is 0.0601. The van der Waals surface area contributed by atoms with Crippen LogP contribution in [0, 0.1) is 0 Å². The Balaban J connectivity index is 1.91. The van der Waals surface area contributed by atoms with Gasteiger partial charge in [0, 0.05) is 43.9 Å². The van der Waals surface area contributed by atoms with Crippen LogP contribution < -0.4 is 15.1 Å². The van der Waals surface area contributed by atoms with Crippen molar-refractivity contribution < 1.29 is 9.59 Å². The summed E-state index contributed by atoms with van der Waals surface area (Å²) in [5, 5.41) is 3.52. The fourth-order valence-corrected chi connectivity index (χ4v) is 4.53. The Kier molecular flexibility index (Phi) is 6.12. The lowest BCUT2D eigenvalue weighted by Gasteiger charge is -2.34. The van der Waals surface area contributed by atoms with Gasteiger partial charge in [-0.3, -0.25) is 14.5 Å². The Bertz CT molecular complexity index is 1010. The number of allylic oxidation sites excluding steroid dienone is 1. The highest BCUT2D eigenvalue weighted by atomic mass is 16.2. The average Bonchev–Trinajstić information content (AvgIpc) is 2.92. The summed E-state index contributed by atoms with van der Waals surface area (Å²) in [5.41, 5.74) is 5.48. The predicted molar refractivity (Wildman–Crippen MR) is 126 cm³/mol. The van der Waals surface area contributed by atoms with Gasteiger partial charge >= 0.3 is 0 Å². The number of carbonyl (C=O) groups excluding carboxylic acids is 2. The molecular formula is C26H31N3O2. The molecule has 5 nitrogen and oxygen atoms in total. The van der Waals surface area contributed by atoms with Gasteiger partial charge in [-0.1, -0.05) is 37.6 Å². The maximum atomic E-state index is 13.6. The molecule has 1 aliphatic heterocycles. The molecule has 0 fully saturated rings. The topological polar surface area (TPSA) is 52.7 Å². The summed E-state index contributed by atoms with van der Waals surface area (Å²) < 4.78 is 0. The summed E-state index contributed by atoms with van der Waals surface area (Å²) in [7, 11) is 4.01. The van der Waals surface area contributed by atoms with E-state index in [9.17, 15) is 9.59 Å². The van der Waals surface area contributed by atoms with Crippen LogP contribution in [0.1, 0.15) is 57.1 Å². The van der Waals surface area contributed by atoms with E-state index >= 15 is 0 Å². The first-order chi connectivity index (χ1) is 15.0. The van der Waals surface area contributed by atoms with Crippen molar-refractivity contribution in [1.29, 1.82) is 0 Å². The number of fused-ring (bicyclic) bond motifs is 1. The van der Waals surface area contributed by atoms with Gasteiger partial charge in [0.2, 0.25) is 5.91 Å². The summed E-state index contributed by atoms with van der Waals surface area (Å²) in [4.78, 5) is 30.7. The fourth-order valence-electron chi connectivity index (χ4n) is 4.53. The van der Waals surface area contributed by atoms with E-state index < -0.39 is 6.04 Å². The van der Waals surface area contributed by atoms with Gasteiger partial charge < -0.3 is 10.2 Å². The Morgan fingerprint density at radius 1 is 1.10 bits per heavy atom.